The van der Waals surface area contributed by atoms with Crippen LogP contribution in [0.3, 0.4) is 0 Å². The summed E-state index contributed by atoms with van der Waals surface area (Å²) in [4.78, 5) is 10.7. The summed E-state index contributed by atoms with van der Waals surface area (Å²) in [5.41, 5.74) is 2.13. The summed E-state index contributed by atoms with van der Waals surface area (Å²) in [7, 11) is 0. The van der Waals surface area contributed by atoms with Crippen molar-refractivity contribution in [3.63, 3.8) is 0 Å². The average Bonchev–Trinajstić information content (AvgIpc) is 2.47. The minimum absolute atomic E-state index is 0.346. The zero-order chi connectivity index (χ0) is 8.55. The number of carboxylic acid groups (broad SMARTS) is 1. The Morgan fingerprint density at radius 2 is 2.25 bits per heavy atom. The maximum absolute atomic E-state index is 10.7. The van der Waals surface area contributed by atoms with E-state index in [0.29, 0.717) is 0 Å². The number of fused-ring (bicyclic) bond motifs is 1. The van der Waals surface area contributed by atoms with E-state index in [1.54, 1.807) is 0 Å². The summed E-state index contributed by atoms with van der Waals surface area (Å²) >= 11 is 1.48. The molecule has 1 aromatic carbocycles. The Balaban J connectivity index is 2.42. The molecule has 0 saturated heterocycles. The molecule has 2 nitrogen and oxygen atoms in total. The molecule has 1 aliphatic rings. The van der Waals surface area contributed by atoms with Crippen LogP contribution in [0.4, 0.5) is 0 Å². The van der Waals surface area contributed by atoms with Crippen molar-refractivity contribution in [3.8, 4) is 0 Å². The third kappa shape index (κ3) is 1.10. The van der Waals surface area contributed by atoms with Crippen molar-refractivity contribution in [2.24, 2.45) is 0 Å². The molecule has 0 radical (unpaired) electrons. The molecule has 0 fully saturated rings. The van der Waals surface area contributed by atoms with Gasteiger partial charge in [0, 0.05) is 5.75 Å². The minimum Gasteiger partial charge on any atom is -0.480 e. The first-order chi connectivity index (χ1) is 5.79. The maximum atomic E-state index is 10.7. The molecule has 1 aliphatic heterocycles. The van der Waals surface area contributed by atoms with Crippen LogP contribution in [0.5, 0.6) is 0 Å². The van der Waals surface area contributed by atoms with Gasteiger partial charge >= 0.3 is 5.97 Å². The molecule has 0 bridgehead atoms. The average molecular weight is 180 g/mol. The second kappa shape index (κ2) is 2.83. The van der Waals surface area contributed by atoms with Crippen molar-refractivity contribution < 1.29 is 9.90 Å². The summed E-state index contributed by atoms with van der Waals surface area (Å²) in [5, 5.41) is 8.49. The molecule has 62 valence electrons. The highest BCUT2D eigenvalue weighted by Crippen LogP contribution is 2.41. The van der Waals surface area contributed by atoms with Gasteiger partial charge in [0.1, 0.15) is 5.25 Å². The fourth-order valence-corrected chi connectivity index (χ4v) is 2.55. The zero-order valence-corrected chi connectivity index (χ0v) is 7.17. The monoisotopic (exact) mass is 180 g/mol. The van der Waals surface area contributed by atoms with Gasteiger partial charge in [-0.2, -0.15) is 0 Å². The first kappa shape index (κ1) is 7.68. The van der Waals surface area contributed by atoms with Crippen LogP contribution in [0, 0.1) is 0 Å². The zero-order valence-electron chi connectivity index (χ0n) is 6.36. The number of thioether (sulfide) groups is 1. The Labute approximate surface area is 74.6 Å². The number of carboxylic acids is 1. The molecule has 1 aromatic rings. The van der Waals surface area contributed by atoms with E-state index < -0.39 is 5.97 Å². The van der Waals surface area contributed by atoms with E-state index in [1.807, 2.05) is 24.3 Å². The van der Waals surface area contributed by atoms with Crippen molar-refractivity contribution in [2.75, 3.05) is 0 Å². The highest BCUT2D eigenvalue weighted by molar-refractivity contribution is 7.99. The van der Waals surface area contributed by atoms with Gasteiger partial charge in [0.05, 0.1) is 0 Å². The minimum atomic E-state index is -0.732. The Morgan fingerprint density at radius 3 is 3.00 bits per heavy atom. The second-order valence-corrected chi connectivity index (χ2v) is 3.82. The number of benzene rings is 1. The van der Waals surface area contributed by atoms with Gasteiger partial charge in [0.15, 0.2) is 0 Å². The predicted octanol–water partition coefficient (Wildman–Crippen LogP) is 2.06. The Bertz CT molecular complexity index is 322. The molecule has 3 heteroatoms. The highest BCUT2D eigenvalue weighted by Gasteiger charge is 2.28. The summed E-state index contributed by atoms with van der Waals surface area (Å²) in [6, 6.07) is 7.73. The number of rotatable bonds is 1. The molecule has 0 spiro atoms. The van der Waals surface area contributed by atoms with Crippen LogP contribution in [0.2, 0.25) is 0 Å². The lowest BCUT2D eigenvalue weighted by atomic mass is 10.1. The van der Waals surface area contributed by atoms with Crippen LogP contribution in [0.25, 0.3) is 0 Å². The lowest BCUT2D eigenvalue weighted by Crippen LogP contribution is -2.04. The smallest absolute Gasteiger partial charge is 0.321 e. The molecule has 0 amide bonds. The Kier molecular flexibility index (Phi) is 1.81. The van der Waals surface area contributed by atoms with E-state index >= 15 is 0 Å². The molecule has 0 aromatic heterocycles. The van der Waals surface area contributed by atoms with Gasteiger partial charge in [0.2, 0.25) is 0 Å². The van der Waals surface area contributed by atoms with Crippen LogP contribution >= 0.6 is 11.8 Å². The first-order valence-electron chi connectivity index (χ1n) is 3.71. The van der Waals surface area contributed by atoms with E-state index in [-0.39, 0.29) is 5.25 Å². The van der Waals surface area contributed by atoms with Gasteiger partial charge in [-0.15, -0.1) is 11.8 Å². The van der Waals surface area contributed by atoms with Gasteiger partial charge in [-0.3, -0.25) is 4.79 Å². The second-order valence-electron chi connectivity index (χ2n) is 2.73. The van der Waals surface area contributed by atoms with Gasteiger partial charge in [-0.25, -0.2) is 0 Å². The fourth-order valence-electron chi connectivity index (χ4n) is 1.39. The standard InChI is InChI=1S/C9H8O2S/c10-9(11)8-7-4-2-1-3-6(7)5-12-8/h1-4,8H,5H2,(H,10,11). The molecular formula is C9H8O2S. The van der Waals surface area contributed by atoms with E-state index in [4.69, 9.17) is 5.11 Å². The van der Waals surface area contributed by atoms with Gasteiger partial charge in [0.25, 0.3) is 0 Å². The SMILES string of the molecule is O=C(O)C1SCc2ccccc21. The predicted molar refractivity (Wildman–Crippen MR) is 48.1 cm³/mol. The summed E-state index contributed by atoms with van der Waals surface area (Å²) in [5.74, 6) is 0.0950. The molecule has 1 atom stereocenters. The third-order valence-corrected chi connectivity index (χ3v) is 3.23. The largest absolute Gasteiger partial charge is 0.480 e. The normalized spacial score (nSPS) is 20.5. The maximum Gasteiger partial charge on any atom is 0.321 e. The van der Waals surface area contributed by atoms with Crippen LogP contribution in [0.1, 0.15) is 16.4 Å². The van der Waals surface area contributed by atoms with Crippen molar-refractivity contribution in [1.29, 1.82) is 0 Å². The van der Waals surface area contributed by atoms with Gasteiger partial charge in [-0.1, -0.05) is 24.3 Å². The molecule has 1 unspecified atom stereocenters. The summed E-state index contributed by atoms with van der Waals surface area (Å²) < 4.78 is 0. The first-order valence-corrected chi connectivity index (χ1v) is 4.76. The molecule has 0 saturated carbocycles. The van der Waals surface area contributed by atoms with Crippen LogP contribution in [-0.4, -0.2) is 11.1 Å². The topological polar surface area (TPSA) is 37.3 Å². The van der Waals surface area contributed by atoms with E-state index in [0.717, 1.165) is 16.9 Å². The number of aliphatic carboxylic acids is 1. The number of hydrogen-bond acceptors (Lipinski definition) is 2. The van der Waals surface area contributed by atoms with Crippen LogP contribution in [-0.2, 0) is 10.5 Å². The van der Waals surface area contributed by atoms with E-state index in [1.165, 1.54) is 11.8 Å². The summed E-state index contributed by atoms with van der Waals surface area (Å²) in [6.07, 6.45) is 0. The van der Waals surface area contributed by atoms with E-state index in [9.17, 15) is 4.79 Å². The Morgan fingerprint density at radius 1 is 1.50 bits per heavy atom. The number of hydrogen-bond donors (Lipinski definition) is 1. The number of carbonyl (C=O) groups is 1. The fraction of sp³-hybridized carbons (Fsp3) is 0.222. The lowest BCUT2D eigenvalue weighted by molar-refractivity contribution is -0.136. The molecular weight excluding hydrogens is 172 g/mol. The Hall–Kier alpha value is -0.960. The molecule has 12 heavy (non-hydrogen) atoms. The summed E-state index contributed by atoms with van der Waals surface area (Å²) in [6.45, 7) is 0. The van der Waals surface area contributed by atoms with Crippen molar-refractivity contribution in [2.45, 2.75) is 11.0 Å². The van der Waals surface area contributed by atoms with Gasteiger partial charge < -0.3 is 5.11 Å². The van der Waals surface area contributed by atoms with Crippen LogP contribution < -0.4 is 0 Å². The molecule has 0 aliphatic carbocycles. The molecule has 1 heterocycles. The molecule has 2 rings (SSSR count). The van der Waals surface area contributed by atoms with Crippen LogP contribution in [0.15, 0.2) is 24.3 Å². The van der Waals surface area contributed by atoms with Crippen molar-refractivity contribution >= 4 is 17.7 Å². The third-order valence-electron chi connectivity index (χ3n) is 1.97. The van der Waals surface area contributed by atoms with Gasteiger partial charge in [-0.05, 0) is 11.1 Å². The lowest BCUT2D eigenvalue weighted by Gasteiger charge is -2.02. The van der Waals surface area contributed by atoms with Crippen molar-refractivity contribution in [3.05, 3.63) is 35.4 Å². The van der Waals surface area contributed by atoms with Crippen molar-refractivity contribution in [1.82, 2.24) is 0 Å². The quantitative estimate of drug-likeness (QED) is 0.718. The molecule has 1 N–H and O–H groups in total. The van der Waals surface area contributed by atoms with E-state index in [2.05, 4.69) is 0 Å². The highest BCUT2D eigenvalue weighted by atomic mass is 32.2.